The van der Waals surface area contributed by atoms with Crippen LogP contribution < -0.4 is 0 Å². The number of fused-ring (bicyclic) bond motifs is 2. The molecule has 0 saturated heterocycles. The first-order chi connectivity index (χ1) is 9.82. The highest BCUT2D eigenvalue weighted by Gasteiger charge is 2.41. The van der Waals surface area contributed by atoms with E-state index in [0.29, 0.717) is 17.3 Å². The average Bonchev–Trinajstić information content (AvgIpc) is 2.41. The largest absolute Gasteiger partial charge is 0.388 e. The van der Waals surface area contributed by atoms with E-state index in [0.717, 1.165) is 24.8 Å². The predicted octanol–water partition coefficient (Wildman–Crippen LogP) is 5.42. The third-order valence-corrected chi connectivity index (χ3v) is 6.02. The summed E-state index contributed by atoms with van der Waals surface area (Å²) in [5, 5.41) is 10.2. The van der Waals surface area contributed by atoms with E-state index in [1.165, 1.54) is 30.4 Å². The predicted molar refractivity (Wildman–Crippen MR) is 91.1 cm³/mol. The first-order valence-corrected chi connectivity index (χ1v) is 8.50. The Morgan fingerprint density at radius 1 is 1.10 bits per heavy atom. The van der Waals surface area contributed by atoms with E-state index in [1.54, 1.807) is 0 Å². The van der Waals surface area contributed by atoms with Gasteiger partial charge in [0.25, 0.3) is 0 Å². The molecule has 1 N–H and O–H groups in total. The Labute approximate surface area is 130 Å². The SMILES string of the molecule is C=C1CCC2CC=C(C)C(O)CC=C(C)CCC1C2(C)C. The molecule has 21 heavy (non-hydrogen) atoms. The molecule has 0 spiro atoms. The maximum atomic E-state index is 10.2. The van der Waals surface area contributed by atoms with Crippen LogP contribution in [0.2, 0.25) is 0 Å². The molecule has 2 aliphatic carbocycles. The number of aliphatic hydroxyl groups is 1. The van der Waals surface area contributed by atoms with Crippen molar-refractivity contribution in [2.75, 3.05) is 0 Å². The quantitative estimate of drug-likeness (QED) is 0.590. The van der Waals surface area contributed by atoms with Crippen molar-refractivity contribution in [3.8, 4) is 0 Å². The molecule has 1 fully saturated rings. The van der Waals surface area contributed by atoms with E-state index >= 15 is 0 Å². The van der Waals surface area contributed by atoms with E-state index in [9.17, 15) is 5.11 Å². The standard InChI is InChI=1S/C20H32O/c1-14-6-12-18-15(2)8-10-17(20(18,4)5)11-9-16(3)19(21)13-7-14/h7,9,17-19,21H,2,6,8,10-13H2,1,3-5H3. The number of aliphatic hydroxyl groups excluding tert-OH is 1. The maximum absolute atomic E-state index is 10.2. The molecule has 0 aliphatic heterocycles. The van der Waals surface area contributed by atoms with Gasteiger partial charge in [0, 0.05) is 0 Å². The van der Waals surface area contributed by atoms with Crippen molar-refractivity contribution in [1.82, 2.24) is 0 Å². The summed E-state index contributed by atoms with van der Waals surface area (Å²) in [6.45, 7) is 13.5. The summed E-state index contributed by atoms with van der Waals surface area (Å²) >= 11 is 0. The summed E-state index contributed by atoms with van der Waals surface area (Å²) in [4.78, 5) is 0. The van der Waals surface area contributed by atoms with E-state index < -0.39 is 0 Å². The lowest BCUT2D eigenvalue weighted by Crippen LogP contribution is -2.37. The minimum atomic E-state index is -0.308. The summed E-state index contributed by atoms with van der Waals surface area (Å²) in [6.07, 6.45) is 10.8. The van der Waals surface area contributed by atoms with Gasteiger partial charge in [-0.1, -0.05) is 43.7 Å². The Bertz CT molecular complexity index is 452. The number of hydrogen-bond acceptors (Lipinski definition) is 1. The lowest BCUT2D eigenvalue weighted by molar-refractivity contribution is 0.0944. The minimum Gasteiger partial charge on any atom is -0.388 e. The first kappa shape index (κ1) is 16.5. The van der Waals surface area contributed by atoms with Gasteiger partial charge in [-0.3, -0.25) is 0 Å². The van der Waals surface area contributed by atoms with Crippen molar-refractivity contribution in [1.29, 1.82) is 0 Å². The third kappa shape index (κ3) is 3.69. The number of rotatable bonds is 0. The molecule has 0 amide bonds. The van der Waals surface area contributed by atoms with Gasteiger partial charge < -0.3 is 5.11 Å². The van der Waals surface area contributed by atoms with Crippen LogP contribution in [-0.4, -0.2) is 11.2 Å². The highest BCUT2D eigenvalue weighted by atomic mass is 16.3. The lowest BCUT2D eigenvalue weighted by atomic mass is 9.58. The Morgan fingerprint density at radius 3 is 2.52 bits per heavy atom. The molecule has 2 rings (SSSR count). The fraction of sp³-hybridized carbons (Fsp3) is 0.700. The number of allylic oxidation sites excluding steroid dienone is 3. The molecule has 3 unspecified atom stereocenters. The van der Waals surface area contributed by atoms with Crippen LogP contribution in [0.5, 0.6) is 0 Å². The third-order valence-electron chi connectivity index (χ3n) is 6.02. The van der Waals surface area contributed by atoms with Gasteiger partial charge in [-0.25, -0.2) is 0 Å². The first-order valence-electron chi connectivity index (χ1n) is 8.50. The zero-order valence-electron chi connectivity index (χ0n) is 14.3. The molecule has 0 aromatic heterocycles. The molecule has 118 valence electrons. The van der Waals surface area contributed by atoms with Gasteiger partial charge in [0.2, 0.25) is 0 Å². The van der Waals surface area contributed by atoms with Crippen LogP contribution in [0.4, 0.5) is 0 Å². The van der Waals surface area contributed by atoms with Gasteiger partial charge in [-0.2, -0.15) is 0 Å². The van der Waals surface area contributed by atoms with Crippen molar-refractivity contribution in [3.63, 3.8) is 0 Å². The van der Waals surface area contributed by atoms with Crippen LogP contribution in [-0.2, 0) is 0 Å². The monoisotopic (exact) mass is 288 g/mol. The smallest absolute Gasteiger partial charge is 0.0781 e. The highest BCUT2D eigenvalue weighted by Crippen LogP contribution is 2.51. The second kappa shape index (κ2) is 6.52. The van der Waals surface area contributed by atoms with Crippen molar-refractivity contribution in [3.05, 3.63) is 35.5 Å². The van der Waals surface area contributed by atoms with Crippen LogP contribution in [0, 0.1) is 17.3 Å². The minimum absolute atomic E-state index is 0.308. The van der Waals surface area contributed by atoms with Crippen molar-refractivity contribution in [2.45, 2.75) is 72.3 Å². The molecule has 1 saturated carbocycles. The second-order valence-electron chi connectivity index (χ2n) is 7.79. The summed E-state index contributed by atoms with van der Waals surface area (Å²) in [6, 6.07) is 0. The van der Waals surface area contributed by atoms with E-state index in [2.05, 4.69) is 46.4 Å². The molecular weight excluding hydrogens is 256 g/mol. The molecule has 2 bridgehead atoms. The molecule has 3 atom stereocenters. The van der Waals surface area contributed by atoms with Gasteiger partial charge >= 0.3 is 0 Å². The fourth-order valence-electron chi connectivity index (χ4n) is 4.15. The van der Waals surface area contributed by atoms with Crippen molar-refractivity contribution >= 4 is 0 Å². The zero-order valence-corrected chi connectivity index (χ0v) is 14.3. The van der Waals surface area contributed by atoms with Gasteiger partial charge in [-0.15, -0.1) is 0 Å². The van der Waals surface area contributed by atoms with Crippen LogP contribution >= 0.6 is 0 Å². The van der Waals surface area contributed by atoms with E-state index in [1.807, 2.05) is 0 Å². The second-order valence-corrected chi connectivity index (χ2v) is 7.79. The van der Waals surface area contributed by atoms with Crippen molar-refractivity contribution in [2.24, 2.45) is 17.3 Å². The Kier molecular flexibility index (Phi) is 5.14. The van der Waals surface area contributed by atoms with E-state index in [4.69, 9.17) is 0 Å². The van der Waals surface area contributed by atoms with Gasteiger partial charge in [-0.05, 0) is 75.2 Å². The van der Waals surface area contributed by atoms with Crippen LogP contribution in [0.3, 0.4) is 0 Å². The van der Waals surface area contributed by atoms with E-state index in [-0.39, 0.29) is 6.10 Å². The molecule has 0 radical (unpaired) electrons. The lowest BCUT2D eigenvalue weighted by Gasteiger charge is -2.47. The Hall–Kier alpha value is -0.820. The Balaban J connectivity index is 2.30. The van der Waals surface area contributed by atoms with Crippen LogP contribution in [0.1, 0.15) is 66.2 Å². The van der Waals surface area contributed by atoms with Crippen LogP contribution in [0.15, 0.2) is 35.5 Å². The van der Waals surface area contributed by atoms with Gasteiger partial charge in [0.1, 0.15) is 0 Å². The molecule has 2 aliphatic rings. The highest BCUT2D eigenvalue weighted by molar-refractivity contribution is 5.16. The maximum Gasteiger partial charge on any atom is 0.0781 e. The summed E-state index contributed by atoms with van der Waals surface area (Å²) in [7, 11) is 0. The fourth-order valence-corrected chi connectivity index (χ4v) is 4.15. The average molecular weight is 288 g/mol. The van der Waals surface area contributed by atoms with Gasteiger partial charge in [0.15, 0.2) is 0 Å². The molecular formula is C20H32O. The van der Waals surface area contributed by atoms with Gasteiger partial charge in [0.05, 0.1) is 6.10 Å². The summed E-state index contributed by atoms with van der Waals surface area (Å²) in [5.74, 6) is 1.34. The topological polar surface area (TPSA) is 20.2 Å². The molecule has 0 aromatic carbocycles. The molecule has 1 heteroatoms. The summed E-state index contributed by atoms with van der Waals surface area (Å²) < 4.78 is 0. The normalized spacial score (nSPS) is 34.3. The molecule has 0 heterocycles. The molecule has 0 aromatic rings. The summed E-state index contributed by atoms with van der Waals surface area (Å²) in [5.41, 5.74) is 4.32. The number of hydrogen-bond donors (Lipinski definition) is 1. The van der Waals surface area contributed by atoms with Crippen LogP contribution in [0.25, 0.3) is 0 Å². The molecule has 1 nitrogen and oxygen atoms in total. The van der Waals surface area contributed by atoms with Crippen molar-refractivity contribution < 1.29 is 5.11 Å². The Morgan fingerprint density at radius 2 is 1.81 bits per heavy atom. The zero-order chi connectivity index (χ0) is 15.6.